The summed E-state index contributed by atoms with van der Waals surface area (Å²) in [5.74, 6) is 2.33. The van der Waals surface area contributed by atoms with Gasteiger partial charge in [-0.05, 0) is 37.3 Å². The fourth-order valence-electron chi connectivity index (χ4n) is 3.67. The van der Waals surface area contributed by atoms with E-state index in [-0.39, 0.29) is 6.09 Å². The van der Waals surface area contributed by atoms with Crippen LogP contribution in [0.5, 0.6) is 17.2 Å². The fourth-order valence-corrected chi connectivity index (χ4v) is 3.67. The van der Waals surface area contributed by atoms with E-state index in [4.69, 9.17) is 14.2 Å². The Morgan fingerprint density at radius 3 is 2.64 bits per heavy atom. The SMILES string of the molecule is COc1ccc(OC(=O)N2CCC3CCCCC32)cc1OC. The van der Waals surface area contributed by atoms with Crippen LogP contribution in [0.2, 0.25) is 0 Å². The van der Waals surface area contributed by atoms with Gasteiger partial charge in [0.2, 0.25) is 0 Å². The minimum absolute atomic E-state index is 0.249. The lowest BCUT2D eigenvalue weighted by Crippen LogP contribution is -2.40. The van der Waals surface area contributed by atoms with Crippen molar-refractivity contribution >= 4 is 6.09 Å². The van der Waals surface area contributed by atoms with Gasteiger partial charge in [0.15, 0.2) is 11.5 Å². The quantitative estimate of drug-likeness (QED) is 0.858. The van der Waals surface area contributed by atoms with Crippen LogP contribution in [-0.4, -0.2) is 37.8 Å². The predicted octanol–water partition coefficient (Wildman–Crippen LogP) is 3.47. The molecule has 0 radical (unpaired) electrons. The van der Waals surface area contributed by atoms with Crippen LogP contribution in [0.1, 0.15) is 32.1 Å². The van der Waals surface area contributed by atoms with Crippen LogP contribution in [0, 0.1) is 5.92 Å². The molecule has 1 aromatic rings. The third-order valence-corrected chi connectivity index (χ3v) is 4.80. The molecule has 1 saturated carbocycles. The first-order valence-electron chi connectivity index (χ1n) is 7.93. The summed E-state index contributed by atoms with van der Waals surface area (Å²) < 4.78 is 16.0. The maximum absolute atomic E-state index is 12.5. The highest BCUT2D eigenvalue weighted by Crippen LogP contribution is 2.37. The molecule has 5 heteroatoms. The van der Waals surface area contributed by atoms with Gasteiger partial charge in [0, 0.05) is 18.7 Å². The molecule has 1 amide bonds. The van der Waals surface area contributed by atoms with E-state index in [1.54, 1.807) is 32.4 Å². The molecule has 1 saturated heterocycles. The summed E-state index contributed by atoms with van der Waals surface area (Å²) in [5, 5.41) is 0. The van der Waals surface area contributed by atoms with Crippen molar-refractivity contribution in [1.82, 2.24) is 4.90 Å². The van der Waals surface area contributed by atoms with Crippen molar-refractivity contribution in [2.75, 3.05) is 20.8 Å². The zero-order valence-electron chi connectivity index (χ0n) is 13.2. The summed E-state index contributed by atoms with van der Waals surface area (Å²) in [6.07, 6.45) is 5.70. The Balaban J connectivity index is 1.69. The van der Waals surface area contributed by atoms with Crippen LogP contribution >= 0.6 is 0 Å². The Bertz CT molecular complexity index is 545. The van der Waals surface area contributed by atoms with E-state index in [2.05, 4.69) is 0 Å². The number of nitrogens with zero attached hydrogens (tertiary/aromatic N) is 1. The standard InChI is InChI=1S/C17H23NO4/c1-20-15-8-7-13(11-16(15)21-2)22-17(19)18-10-9-12-5-3-4-6-14(12)18/h7-8,11-12,14H,3-6,9-10H2,1-2H3. The molecule has 5 nitrogen and oxygen atoms in total. The zero-order valence-corrected chi connectivity index (χ0v) is 13.2. The molecule has 0 aromatic heterocycles. The van der Waals surface area contributed by atoms with E-state index < -0.39 is 0 Å². The number of benzene rings is 1. The topological polar surface area (TPSA) is 48.0 Å². The minimum Gasteiger partial charge on any atom is -0.493 e. The highest BCUT2D eigenvalue weighted by molar-refractivity contribution is 5.72. The lowest BCUT2D eigenvalue weighted by molar-refractivity contribution is 0.130. The normalized spacial score (nSPS) is 23.8. The molecule has 1 aromatic carbocycles. The van der Waals surface area contributed by atoms with Gasteiger partial charge in [-0.15, -0.1) is 0 Å². The van der Waals surface area contributed by atoms with Gasteiger partial charge in [-0.2, -0.15) is 0 Å². The van der Waals surface area contributed by atoms with Gasteiger partial charge in [-0.25, -0.2) is 4.79 Å². The first-order chi connectivity index (χ1) is 10.7. The van der Waals surface area contributed by atoms with Gasteiger partial charge in [0.05, 0.1) is 14.2 Å². The molecule has 22 heavy (non-hydrogen) atoms. The van der Waals surface area contributed by atoms with Crippen molar-refractivity contribution in [1.29, 1.82) is 0 Å². The molecule has 1 aliphatic carbocycles. The Hall–Kier alpha value is -1.91. The largest absolute Gasteiger partial charge is 0.493 e. The Labute approximate surface area is 131 Å². The predicted molar refractivity (Wildman–Crippen MR) is 82.6 cm³/mol. The van der Waals surface area contributed by atoms with Crippen LogP contribution in [0.25, 0.3) is 0 Å². The summed E-state index contributed by atoms with van der Waals surface area (Å²) in [7, 11) is 3.15. The molecule has 2 atom stereocenters. The number of methoxy groups -OCH3 is 2. The van der Waals surface area contributed by atoms with Crippen LogP contribution < -0.4 is 14.2 Å². The first-order valence-corrected chi connectivity index (χ1v) is 7.93. The molecule has 2 unspecified atom stereocenters. The van der Waals surface area contributed by atoms with Crippen molar-refractivity contribution in [3.8, 4) is 17.2 Å². The molecule has 120 valence electrons. The second kappa shape index (κ2) is 6.46. The summed E-state index contributed by atoms with van der Waals surface area (Å²) in [6.45, 7) is 0.807. The number of hydrogen-bond donors (Lipinski definition) is 0. The minimum atomic E-state index is -0.249. The van der Waals surface area contributed by atoms with Gasteiger partial charge < -0.3 is 19.1 Å². The highest BCUT2D eigenvalue weighted by Gasteiger charge is 2.39. The average molecular weight is 305 g/mol. The molecular weight excluding hydrogens is 282 g/mol. The first kappa shape index (κ1) is 15.0. The maximum atomic E-state index is 12.5. The lowest BCUT2D eigenvalue weighted by atomic mass is 9.85. The summed E-state index contributed by atoms with van der Waals surface area (Å²) in [5.41, 5.74) is 0. The van der Waals surface area contributed by atoms with Crippen LogP contribution in [-0.2, 0) is 0 Å². The smallest absolute Gasteiger partial charge is 0.415 e. The number of fused-ring (bicyclic) bond motifs is 1. The second-order valence-electron chi connectivity index (χ2n) is 5.98. The van der Waals surface area contributed by atoms with Crippen molar-refractivity contribution in [2.24, 2.45) is 5.92 Å². The van der Waals surface area contributed by atoms with E-state index in [9.17, 15) is 4.79 Å². The van der Waals surface area contributed by atoms with Crippen LogP contribution in [0.4, 0.5) is 4.79 Å². The van der Waals surface area contributed by atoms with Gasteiger partial charge in [0.1, 0.15) is 5.75 Å². The van der Waals surface area contributed by atoms with Gasteiger partial charge in [-0.1, -0.05) is 12.8 Å². The highest BCUT2D eigenvalue weighted by atomic mass is 16.6. The molecule has 1 aliphatic heterocycles. The van der Waals surface area contributed by atoms with Crippen LogP contribution in [0.3, 0.4) is 0 Å². The molecule has 2 fully saturated rings. The summed E-state index contributed by atoms with van der Waals surface area (Å²) in [6, 6.07) is 5.52. The number of hydrogen-bond acceptors (Lipinski definition) is 4. The van der Waals surface area contributed by atoms with Crippen molar-refractivity contribution < 1.29 is 19.0 Å². The van der Waals surface area contributed by atoms with E-state index >= 15 is 0 Å². The molecular formula is C17H23NO4. The number of likely N-dealkylation sites (tertiary alicyclic amines) is 1. The second-order valence-corrected chi connectivity index (χ2v) is 5.98. The Kier molecular flexibility index (Phi) is 4.41. The van der Waals surface area contributed by atoms with Crippen molar-refractivity contribution in [2.45, 2.75) is 38.1 Å². The summed E-state index contributed by atoms with van der Waals surface area (Å²) >= 11 is 0. The van der Waals surface area contributed by atoms with E-state index in [1.165, 1.54) is 19.3 Å². The van der Waals surface area contributed by atoms with E-state index in [0.29, 0.717) is 29.2 Å². The third-order valence-electron chi connectivity index (χ3n) is 4.80. The van der Waals surface area contributed by atoms with Gasteiger partial charge in [0.25, 0.3) is 0 Å². The van der Waals surface area contributed by atoms with E-state index in [0.717, 1.165) is 19.4 Å². The summed E-state index contributed by atoms with van der Waals surface area (Å²) in [4.78, 5) is 14.4. The molecule has 0 spiro atoms. The molecule has 1 heterocycles. The zero-order chi connectivity index (χ0) is 15.5. The van der Waals surface area contributed by atoms with Gasteiger partial charge >= 0.3 is 6.09 Å². The number of rotatable bonds is 3. The molecule has 0 bridgehead atoms. The number of carbonyl (C=O) groups excluding carboxylic acids is 1. The Morgan fingerprint density at radius 2 is 1.86 bits per heavy atom. The maximum Gasteiger partial charge on any atom is 0.415 e. The molecule has 2 aliphatic rings. The van der Waals surface area contributed by atoms with Crippen molar-refractivity contribution in [3.63, 3.8) is 0 Å². The number of carbonyl (C=O) groups is 1. The molecule has 3 rings (SSSR count). The van der Waals surface area contributed by atoms with E-state index in [1.807, 2.05) is 4.90 Å². The lowest BCUT2D eigenvalue weighted by Gasteiger charge is -2.30. The Morgan fingerprint density at radius 1 is 1.09 bits per heavy atom. The monoisotopic (exact) mass is 305 g/mol. The molecule has 0 N–H and O–H groups in total. The average Bonchev–Trinajstić information content (AvgIpc) is 2.98. The number of ether oxygens (including phenoxy) is 3. The van der Waals surface area contributed by atoms with Gasteiger partial charge in [-0.3, -0.25) is 0 Å². The fraction of sp³-hybridized carbons (Fsp3) is 0.588. The number of amides is 1. The van der Waals surface area contributed by atoms with Crippen molar-refractivity contribution in [3.05, 3.63) is 18.2 Å². The van der Waals surface area contributed by atoms with Crippen LogP contribution in [0.15, 0.2) is 18.2 Å². The third kappa shape index (κ3) is 2.85.